The van der Waals surface area contributed by atoms with Gasteiger partial charge in [0.1, 0.15) is 5.66 Å². The maximum atomic E-state index is 13.3. The molecule has 2 aromatic carbocycles. The van der Waals surface area contributed by atoms with Crippen LogP contribution >= 0.6 is 0 Å². The van der Waals surface area contributed by atoms with Gasteiger partial charge in [0.2, 0.25) is 11.8 Å². The van der Waals surface area contributed by atoms with Crippen molar-refractivity contribution in [1.29, 1.82) is 0 Å². The minimum absolute atomic E-state index is 0.0331. The third-order valence-electron chi connectivity index (χ3n) is 6.92. The van der Waals surface area contributed by atoms with Gasteiger partial charge < -0.3 is 10.2 Å². The Labute approximate surface area is 204 Å². The maximum Gasteiger partial charge on any atom is 0.257 e. The molecular weight excluding hydrogens is 442 g/mol. The van der Waals surface area contributed by atoms with E-state index in [0.717, 1.165) is 11.3 Å². The van der Waals surface area contributed by atoms with E-state index in [0.29, 0.717) is 56.4 Å². The van der Waals surface area contributed by atoms with Crippen LogP contribution in [0.2, 0.25) is 0 Å². The number of rotatable bonds is 8. The summed E-state index contributed by atoms with van der Waals surface area (Å²) < 4.78 is 1.82. The second kappa shape index (κ2) is 9.37. The number of nitrogens with zero attached hydrogens (tertiary/aromatic N) is 4. The van der Waals surface area contributed by atoms with Gasteiger partial charge in [-0.25, -0.2) is 4.68 Å². The van der Waals surface area contributed by atoms with Crippen molar-refractivity contribution in [3.63, 3.8) is 0 Å². The molecular formula is C27H29N5O3. The van der Waals surface area contributed by atoms with Gasteiger partial charge in [0, 0.05) is 32.1 Å². The topological polar surface area (TPSA) is 87.5 Å². The Bertz CT molecular complexity index is 1250. The van der Waals surface area contributed by atoms with Gasteiger partial charge in [0.05, 0.1) is 23.1 Å². The first kappa shape index (κ1) is 22.8. The molecule has 1 fully saturated rings. The molecule has 2 aliphatic rings. The van der Waals surface area contributed by atoms with Crippen LogP contribution in [0.1, 0.15) is 48.5 Å². The number of hydrogen-bond donors (Lipinski definition) is 1. The first-order valence-electron chi connectivity index (χ1n) is 12.1. The van der Waals surface area contributed by atoms with Crippen LogP contribution in [0.15, 0.2) is 67.0 Å². The van der Waals surface area contributed by atoms with Crippen LogP contribution in [0.3, 0.4) is 0 Å². The summed E-state index contributed by atoms with van der Waals surface area (Å²) in [5.41, 5.74) is 2.59. The molecule has 3 heterocycles. The molecule has 1 N–H and O–H groups in total. The summed E-state index contributed by atoms with van der Waals surface area (Å²) in [5.74, 6) is -0.0921. The van der Waals surface area contributed by atoms with E-state index in [2.05, 4.69) is 10.4 Å². The van der Waals surface area contributed by atoms with Gasteiger partial charge in [-0.3, -0.25) is 19.3 Å². The van der Waals surface area contributed by atoms with Crippen molar-refractivity contribution in [2.45, 2.75) is 44.7 Å². The molecule has 8 heteroatoms. The van der Waals surface area contributed by atoms with Gasteiger partial charge in [-0.05, 0) is 56.0 Å². The van der Waals surface area contributed by atoms with Crippen LogP contribution in [-0.2, 0) is 16.0 Å². The zero-order valence-corrected chi connectivity index (χ0v) is 19.8. The SMILES string of the molecule is CC12CCC(=O)N1c1ccccc1C(=O)N2CCCC(=O)NCCc1cnn(-c2ccccc2)c1. The summed E-state index contributed by atoms with van der Waals surface area (Å²) in [5, 5.41) is 7.35. The highest BCUT2D eigenvalue weighted by atomic mass is 16.2. The second-order valence-electron chi connectivity index (χ2n) is 9.25. The molecule has 3 aromatic rings. The average molecular weight is 472 g/mol. The Hall–Kier alpha value is -3.94. The molecule has 0 bridgehead atoms. The van der Waals surface area contributed by atoms with Crippen LogP contribution in [0, 0.1) is 0 Å². The van der Waals surface area contributed by atoms with E-state index in [1.807, 2.05) is 72.5 Å². The summed E-state index contributed by atoms with van der Waals surface area (Å²) in [6.45, 7) is 2.89. The number of aromatic nitrogens is 2. The Balaban J connectivity index is 1.13. The predicted octanol–water partition coefficient (Wildman–Crippen LogP) is 3.31. The molecule has 3 amide bonds. The third kappa shape index (κ3) is 4.32. The molecule has 180 valence electrons. The summed E-state index contributed by atoms with van der Waals surface area (Å²) in [7, 11) is 0. The summed E-state index contributed by atoms with van der Waals surface area (Å²) in [4.78, 5) is 41.9. The molecule has 0 saturated carbocycles. The van der Waals surface area contributed by atoms with Gasteiger partial charge in [-0.1, -0.05) is 30.3 Å². The van der Waals surface area contributed by atoms with E-state index in [1.54, 1.807) is 15.9 Å². The number of benzene rings is 2. The van der Waals surface area contributed by atoms with Crippen molar-refractivity contribution in [2.75, 3.05) is 18.0 Å². The van der Waals surface area contributed by atoms with Crippen LogP contribution < -0.4 is 10.2 Å². The number of amides is 3. The Morgan fingerprint density at radius 1 is 1.09 bits per heavy atom. The molecule has 0 radical (unpaired) electrons. The second-order valence-corrected chi connectivity index (χ2v) is 9.25. The number of anilines is 1. The molecule has 5 rings (SSSR count). The van der Waals surface area contributed by atoms with Crippen molar-refractivity contribution in [3.05, 3.63) is 78.1 Å². The number of para-hydroxylation sites is 2. The largest absolute Gasteiger partial charge is 0.356 e. The minimum atomic E-state index is -0.683. The van der Waals surface area contributed by atoms with E-state index >= 15 is 0 Å². The minimum Gasteiger partial charge on any atom is -0.356 e. The van der Waals surface area contributed by atoms with Gasteiger partial charge in [0.15, 0.2) is 0 Å². The van der Waals surface area contributed by atoms with Crippen molar-refractivity contribution in [1.82, 2.24) is 20.0 Å². The lowest BCUT2D eigenvalue weighted by atomic mass is 9.98. The molecule has 1 unspecified atom stereocenters. The number of nitrogens with one attached hydrogen (secondary N) is 1. The third-order valence-corrected chi connectivity index (χ3v) is 6.92. The molecule has 1 saturated heterocycles. The Morgan fingerprint density at radius 3 is 2.69 bits per heavy atom. The van der Waals surface area contributed by atoms with Crippen molar-refractivity contribution < 1.29 is 14.4 Å². The maximum absolute atomic E-state index is 13.3. The van der Waals surface area contributed by atoms with Crippen molar-refractivity contribution in [3.8, 4) is 5.69 Å². The van der Waals surface area contributed by atoms with Crippen LogP contribution in [-0.4, -0.2) is 51.2 Å². The fourth-order valence-corrected chi connectivity index (χ4v) is 5.09. The fraction of sp³-hybridized carbons (Fsp3) is 0.333. The molecule has 0 aliphatic carbocycles. The van der Waals surface area contributed by atoms with Crippen molar-refractivity contribution in [2.24, 2.45) is 0 Å². The Kier molecular flexibility index (Phi) is 6.11. The van der Waals surface area contributed by atoms with Gasteiger partial charge in [0.25, 0.3) is 5.91 Å². The molecule has 35 heavy (non-hydrogen) atoms. The predicted molar refractivity (Wildman–Crippen MR) is 132 cm³/mol. The quantitative estimate of drug-likeness (QED) is 0.546. The van der Waals surface area contributed by atoms with E-state index < -0.39 is 5.66 Å². The van der Waals surface area contributed by atoms with E-state index in [-0.39, 0.29) is 17.7 Å². The molecule has 1 atom stereocenters. The van der Waals surface area contributed by atoms with Crippen molar-refractivity contribution >= 4 is 23.4 Å². The van der Waals surface area contributed by atoms with Gasteiger partial charge in [-0.15, -0.1) is 0 Å². The standard InChI is InChI=1S/C27H29N5O3/c1-27-15-13-25(34)32(27)23-11-6-5-10-22(23)26(35)30(27)17-7-12-24(33)28-16-14-20-18-29-31(19-20)21-8-3-2-4-9-21/h2-6,8-11,18-19H,7,12-17H2,1H3,(H,28,33). The lowest BCUT2D eigenvalue weighted by molar-refractivity contribution is -0.121. The molecule has 8 nitrogen and oxygen atoms in total. The monoisotopic (exact) mass is 471 g/mol. The number of carbonyl (C=O) groups excluding carboxylic acids is 3. The zero-order valence-electron chi connectivity index (χ0n) is 19.8. The van der Waals surface area contributed by atoms with E-state index in [1.165, 1.54) is 0 Å². The lowest BCUT2D eigenvalue weighted by Gasteiger charge is -2.48. The number of fused-ring (bicyclic) bond motifs is 3. The fourth-order valence-electron chi connectivity index (χ4n) is 5.09. The summed E-state index contributed by atoms with van der Waals surface area (Å²) in [6, 6.07) is 17.2. The normalized spacial score (nSPS) is 19.0. The van der Waals surface area contributed by atoms with Crippen LogP contribution in [0.5, 0.6) is 0 Å². The highest BCUT2D eigenvalue weighted by Crippen LogP contribution is 2.44. The average Bonchev–Trinajstić information content (AvgIpc) is 3.46. The van der Waals surface area contributed by atoms with Gasteiger partial charge in [-0.2, -0.15) is 5.10 Å². The van der Waals surface area contributed by atoms with Gasteiger partial charge >= 0.3 is 0 Å². The summed E-state index contributed by atoms with van der Waals surface area (Å²) in [6.07, 6.45) is 6.33. The van der Waals surface area contributed by atoms with E-state index in [9.17, 15) is 14.4 Å². The molecule has 2 aliphatic heterocycles. The highest BCUT2D eigenvalue weighted by molar-refractivity contribution is 6.10. The summed E-state index contributed by atoms with van der Waals surface area (Å²) >= 11 is 0. The number of carbonyl (C=O) groups is 3. The van der Waals surface area contributed by atoms with E-state index in [4.69, 9.17) is 0 Å². The zero-order chi connectivity index (χ0) is 24.4. The molecule has 0 spiro atoms. The number of hydrogen-bond acceptors (Lipinski definition) is 4. The Morgan fingerprint density at radius 2 is 1.86 bits per heavy atom. The lowest BCUT2D eigenvalue weighted by Crippen LogP contribution is -2.62. The highest BCUT2D eigenvalue weighted by Gasteiger charge is 2.52. The van der Waals surface area contributed by atoms with Crippen LogP contribution in [0.4, 0.5) is 5.69 Å². The van der Waals surface area contributed by atoms with Crippen LogP contribution in [0.25, 0.3) is 5.69 Å². The first-order chi connectivity index (χ1) is 17.0. The smallest absolute Gasteiger partial charge is 0.257 e. The first-order valence-corrected chi connectivity index (χ1v) is 12.1. The molecule has 1 aromatic heterocycles.